The van der Waals surface area contributed by atoms with Crippen molar-refractivity contribution in [1.82, 2.24) is 19.1 Å². The number of nitriles is 2. The predicted octanol–water partition coefficient (Wildman–Crippen LogP) is 5.94. The lowest BCUT2D eigenvalue weighted by molar-refractivity contribution is 0.784. The Morgan fingerprint density at radius 3 is 1.88 bits per heavy atom. The van der Waals surface area contributed by atoms with Crippen molar-refractivity contribution in [3.63, 3.8) is 0 Å². The summed E-state index contributed by atoms with van der Waals surface area (Å²) in [5.41, 5.74) is 14.3. The second-order valence-corrected chi connectivity index (χ2v) is 9.33. The molecule has 0 saturated carbocycles. The minimum Gasteiger partial charge on any atom is -0.383 e. The number of nitrogen functional groups attached to an aromatic ring is 2. The molecule has 11 heteroatoms. The molecule has 4 aromatic rings. The van der Waals surface area contributed by atoms with E-state index in [2.05, 4.69) is 57.8 Å². The number of aromatic nitrogens is 4. The minimum atomic E-state index is 0. The molecule has 8 nitrogen and oxygen atoms in total. The van der Waals surface area contributed by atoms with Gasteiger partial charge in [-0.05, 0) is 51.3 Å². The molecule has 0 aliphatic carbocycles. The van der Waals surface area contributed by atoms with Gasteiger partial charge < -0.3 is 20.6 Å². The lowest BCUT2D eigenvalue weighted by Crippen LogP contribution is -2.05. The molecule has 4 N–H and O–H groups in total. The van der Waals surface area contributed by atoms with Crippen LogP contribution < -0.4 is 11.5 Å². The van der Waals surface area contributed by atoms with Crippen LogP contribution in [0.2, 0.25) is 0 Å². The van der Waals surface area contributed by atoms with Gasteiger partial charge in [-0.2, -0.15) is 10.5 Å². The molecule has 0 saturated heterocycles. The van der Waals surface area contributed by atoms with Crippen LogP contribution in [-0.2, 0) is 13.1 Å². The maximum absolute atomic E-state index is 8.83. The second kappa shape index (κ2) is 12.4. The fourth-order valence-electron chi connectivity index (χ4n) is 2.92. The Morgan fingerprint density at radius 1 is 0.853 bits per heavy atom. The Labute approximate surface area is 224 Å². The summed E-state index contributed by atoms with van der Waals surface area (Å²) in [5, 5.41) is 17.6. The second-order valence-electron chi connectivity index (χ2n) is 6.79. The number of halogens is 3. The summed E-state index contributed by atoms with van der Waals surface area (Å²) in [6.07, 6.45) is 1.58. The van der Waals surface area contributed by atoms with Gasteiger partial charge in [0.05, 0.1) is 19.4 Å². The molecule has 34 heavy (non-hydrogen) atoms. The first-order valence-corrected chi connectivity index (χ1v) is 11.8. The van der Waals surface area contributed by atoms with Crippen molar-refractivity contribution >= 4 is 59.4 Å². The number of hydrogen-bond donors (Lipinski definition) is 2. The van der Waals surface area contributed by atoms with Gasteiger partial charge in [0.2, 0.25) is 0 Å². The fraction of sp³-hybridized carbons (Fsp3) is 0.130. The van der Waals surface area contributed by atoms with Gasteiger partial charge in [-0.1, -0.05) is 63.6 Å². The molecule has 0 unspecified atom stereocenters. The molecule has 0 atom stereocenters. The predicted molar refractivity (Wildman–Crippen MR) is 146 cm³/mol. The summed E-state index contributed by atoms with van der Waals surface area (Å²) < 4.78 is 6.08. The highest BCUT2D eigenvalue weighted by molar-refractivity contribution is 9.11. The summed E-state index contributed by atoms with van der Waals surface area (Å²) >= 11 is 10.1. The SMILES string of the molecule is C.N#Cc1nc(Br)n(Cc2cccc(Br)c2)c1N.N#Cc1ncn(Cc2cccc(Br)c2)c1N.[2HH]. The smallest absolute Gasteiger partial charge is 0.183 e. The van der Waals surface area contributed by atoms with Crippen LogP contribution in [-0.4, -0.2) is 19.1 Å². The Morgan fingerprint density at radius 2 is 1.41 bits per heavy atom. The van der Waals surface area contributed by atoms with Gasteiger partial charge in [-0.15, -0.1) is 0 Å². The van der Waals surface area contributed by atoms with Crippen molar-refractivity contribution in [3.8, 4) is 12.1 Å². The number of benzene rings is 2. The Balaban J connectivity index is 0.000000332. The molecule has 0 bridgehead atoms. The van der Waals surface area contributed by atoms with Crippen LogP contribution in [0.5, 0.6) is 0 Å². The highest BCUT2D eigenvalue weighted by Crippen LogP contribution is 2.21. The van der Waals surface area contributed by atoms with Crippen molar-refractivity contribution in [3.05, 3.63) is 91.1 Å². The van der Waals surface area contributed by atoms with Crippen LogP contribution in [0.15, 0.2) is 68.5 Å². The van der Waals surface area contributed by atoms with Crippen LogP contribution >= 0.6 is 47.8 Å². The number of nitrogens with two attached hydrogens (primary N) is 2. The zero-order valence-electron chi connectivity index (χ0n) is 17.1. The van der Waals surface area contributed by atoms with Gasteiger partial charge in [0, 0.05) is 10.4 Å². The van der Waals surface area contributed by atoms with Crippen molar-refractivity contribution in [2.45, 2.75) is 20.5 Å². The van der Waals surface area contributed by atoms with Gasteiger partial charge in [-0.25, -0.2) is 9.97 Å². The van der Waals surface area contributed by atoms with E-state index in [0.29, 0.717) is 29.5 Å². The summed E-state index contributed by atoms with van der Waals surface area (Å²) in [7, 11) is 0. The topological polar surface area (TPSA) is 135 Å². The first kappa shape index (κ1) is 27.1. The quantitative estimate of drug-likeness (QED) is 0.280. The average molecular weight is 652 g/mol. The van der Waals surface area contributed by atoms with Crippen molar-refractivity contribution < 1.29 is 1.43 Å². The van der Waals surface area contributed by atoms with E-state index in [0.717, 1.165) is 20.1 Å². The number of imidazole rings is 2. The Bertz CT molecular complexity index is 1370. The number of hydrogen-bond acceptors (Lipinski definition) is 6. The molecule has 0 radical (unpaired) electrons. The molecule has 176 valence electrons. The third-order valence-electron chi connectivity index (χ3n) is 4.52. The highest BCUT2D eigenvalue weighted by Gasteiger charge is 2.12. The summed E-state index contributed by atoms with van der Waals surface area (Å²) in [5.74, 6) is 0.779. The fourth-order valence-corrected chi connectivity index (χ4v) is 4.31. The van der Waals surface area contributed by atoms with E-state index in [1.165, 1.54) is 0 Å². The maximum atomic E-state index is 8.83. The van der Waals surface area contributed by atoms with E-state index in [1.54, 1.807) is 15.5 Å². The minimum absolute atomic E-state index is 0. The maximum Gasteiger partial charge on any atom is 0.183 e. The van der Waals surface area contributed by atoms with E-state index < -0.39 is 0 Å². The molecule has 2 aromatic heterocycles. The molecular weight excluding hydrogens is 628 g/mol. The largest absolute Gasteiger partial charge is 0.383 e. The molecule has 4 rings (SSSR count). The summed E-state index contributed by atoms with van der Waals surface area (Å²) in [4.78, 5) is 7.95. The number of anilines is 2. The zero-order chi connectivity index (χ0) is 24.0. The lowest BCUT2D eigenvalue weighted by Gasteiger charge is -2.06. The molecular formula is C23H23Br3N8. The third kappa shape index (κ3) is 6.70. The number of rotatable bonds is 4. The van der Waals surface area contributed by atoms with Gasteiger partial charge in [0.25, 0.3) is 0 Å². The average Bonchev–Trinajstić information content (AvgIpc) is 3.27. The van der Waals surface area contributed by atoms with E-state index in [4.69, 9.17) is 22.0 Å². The van der Waals surface area contributed by atoms with Gasteiger partial charge in [0.15, 0.2) is 16.1 Å². The Hall–Kier alpha value is -3.12. The van der Waals surface area contributed by atoms with Crippen molar-refractivity contribution in [2.24, 2.45) is 0 Å². The molecule has 2 heterocycles. The zero-order valence-corrected chi connectivity index (χ0v) is 21.8. The standard InChI is InChI=1S/C11H8Br2N4.C11H9BrN4.CH4.H2/c12-8-3-1-2-7(4-8)6-17-10(15)9(5-14)16-11(17)13;12-9-3-1-2-8(4-9)6-16-7-15-10(5-13)11(16)14;;/h1-4H,6,15H2;1-4,7H,6,14H2;1H4;1H/i;;;1+1. The van der Waals surface area contributed by atoms with Gasteiger partial charge in [0.1, 0.15) is 23.8 Å². The van der Waals surface area contributed by atoms with Crippen molar-refractivity contribution in [1.29, 1.82) is 10.5 Å². The van der Waals surface area contributed by atoms with Crippen molar-refractivity contribution in [2.75, 3.05) is 11.5 Å². The molecule has 0 aliphatic heterocycles. The van der Waals surface area contributed by atoms with Crippen LogP contribution in [0.4, 0.5) is 11.6 Å². The van der Waals surface area contributed by atoms with E-state index in [-0.39, 0.29) is 20.2 Å². The first-order chi connectivity index (χ1) is 15.8. The first-order valence-electron chi connectivity index (χ1n) is 9.43. The molecule has 2 aromatic carbocycles. The van der Waals surface area contributed by atoms with Gasteiger partial charge in [-0.3, -0.25) is 0 Å². The lowest BCUT2D eigenvalue weighted by atomic mass is 10.2. The van der Waals surface area contributed by atoms with Crippen LogP contribution in [0.3, 0.4) is 0 Å². The molecule has 0 fully saturated rings. The molecule has 0 spiro atoms. The normalized spacial score (nSPS) is 9.79. The monoisotopic (exact) mass is 649 g/mol. The van der Waals surface area contributed by atoms with Crippen LogP contribution in [0.25, 0.3) is 0 Å². The van der Waals surface area contributed by atoms with E-state index >= 15 is 0 Å². The molecule has 0 aliphatic rings. The van der Waals surface area contributed by atoms with E-state index in [9.17, 15) is 0 Å². The Kier molecular flexibility index (Phi) is 9.87. The summed E-state index contributed by atoms with van der Waals surface area (Å²) in [6.45, 7) is 1.18. The molecule has 0 amide bonds. The van der Waals surface area contributed by atoms with E-state index in [1.807, 2.05) is 60.7 Å². The number of nitrogens with zero attached hydrogens (tertiary/aromatic N) is 6. The van der Waals surface area contributed by atoms with Crippen LogP contribution in [0.1, 0.15) is 31.4 Å². The van der Waals surface area contributed by atoms with Gasteiger partial charge >= 0.3 is 0 Å². The summed E-state index contributed by atoms with van der Waals surface area (Å²) in [6, 6.07) is 19.7. The van der Waals surface area contributed by atoms with Crippen LogP contribution in [0, 0.1) is 22.7 Å². The highest BCUT2D eigenvalue weighted by atomic mass is 79.9. The third-order valence-corrected chi connectivity index (χ3v) is 6.11.